The molecule has 164 valence electrons. The van der Waals surface area contributed by atoms with E-state index in [0.717, 1.165) is 11.0 Å². The number of fused-ring (bicyclic) bond motifs is 1. The Balaban J connectivity index is 1.60. The molecule has 0 amide bonds. The maximum atomic E-state index is 12.0. The molecule has 1 atom stereocenters. The predicted molar refractivity (Wildman–Crippen MR) is 124 cm³/mol. The Morgan fingerprint density at radius 2 is 1.91 bits per heavy atom. The number of nitro groups is 1. The fraction of sp³-hybridized carbons (Fsp3) is 0.0909. The average Bonchev–Trinajstić information content (AvgIpc) is 3.44. The molecule has 0 radical (unpaired) electrons. The molecule has 3 aromatic heterocycles. The number of nitrogens with zero attached hydrogens (tertiary/aromatic N) is 7. The predicted octanol–water partition coefficient (Wildman–Crippen LogP) is 4.28. The number of anilines is 1. The van der Waals surface area contributed by atoms with Crippen molar-refractivity contribution >= 4 is 34.3 Å². The summed E-state index contributed by atoms with van der Waals surface area (Å²) in [6, 6.07) is 18.2. The van der Waals surface area contributed by atoms with E-state index in [1.807, 2.05) is 60.1 Å². The molecule has 0 spiro atoms. The third kappa shape index (κ3) is 4.13. The molecule has 10 nitrogen and oxygen atoms in total. The van der Waals surface area contributed by atoms with Crippen molar-refractivity contribution in [3.8, 4) is 0 Å². The van der Waals surface area contributed by atoms with E-state index in [0.29, 0.717) is 21.4 Å². The molecular weight excluding hydrogens is 440 g/mol. The van der Waals surface area contributed by atoms with Gasteiger partial charge >= 0.3 is 0 Å². The summed E-state index contributed by atoms with van der Waals surface area (Å²) in [4.78, 5) is 20.7. The second-order valence-electron chi connectivity index (χ2n) is 7.19. The van der Waals surface area contributed by atoms with Gasteiger partial charge in [0.1, 0.15) is 17.5 Å². The van der Waals surface area contributed by atoms with E-state index >= 15 is 0 Å². The molecule has 0 saturated heterocycles. The molecule has 33 heavy (non-hydrogen) atoms. The van der Waals surface area contributed by atoms with Gasteiger partial charge in [-0.25, -0.2) is 14.6 Å². The third-order valence-corrected chi connectivity index (χ3v) is 6.19. The molecule has 0 aliphatic heterocycles. The van der Waals surface area contributed by atoms with Crippen LogP contribution in [0.4, 0.5) is 11.5 Å². The second-order valence-corrected chi connectivity index (χ2v) is 8.20. The van der Waals surface area contributed by atoms with Crippen molar-refractivity contribution in [1.29, 1.82) is 0 Å². The van der Waals surface area contributed by atoms with Crippen molar-refractivity contribution in [1.82, 2.24) is 29.5 Å². The van der Waals surface area contributed by atoms with E-state index in [2.05, 4.69) is 25.6 Å². The van der Waals surface area contributed by atoms with Crippen molar-refractivity contribution in [2.24, 2.45) is 7.05 Å². The number of para-hydroxylation sites is 1. The minimum absolute atomic E-state index is 0.0160. The zero-order valence-corrected chi connectivity index (χ0v) is 18.3. The summed E-state index contributed by atoms with van der Waals surface area (Å²) >= 11 is 1.24. The summed E-state index contributed by atoms with van der Waals surface area (Å²) in [7, 11) is 1.85. The summed E-state index contributed by atoms with van der Waals surface area (Å²) < 4.78 is 3.52. The van der Waals surface area contributed by atoms with E-state index < -0.39 is 6.17 Å². The minimum Gasteiger partial charge on any atom is -0.345 e. The lowest BCUT2D eigenvalue weighted by molar-refractivity contribution is -0.387. The summed E-state index contributed by atoms with van der Waals surface area (Å²) in [5.74, 6) is 0.608. The van der Waals surface area contributed by atoms with Gasteiger partial charge < -0.3 is 9.88 Å². The van der Waals surface area contributed by atoms with Crippen molar-refractivity contribution in [3.05, 3.63) is 94.9 Å². The monoisotopic (exact) mass is 458 g/mol. The number of rotatable bonds is 7. The number of benzene rings is 2. The van der Waals surface area contributed by atoms with Crippen LogP contribution < -0.4 is 5.32 Å². The highest BCUT2D eigenvalue weighted by atomic mass is 32.2. The minimum atomic E-state index is -0.571. The number of hydrogen-bond donors (Lipinski definition) is 1. The normalized spacial score (nSPS) is 12.0. The van der Waals surface area contributed by atoms with Crippen LogP contribution >= 0.6 is 11.8 Å². The van der Waals surface area contributed by atoms with Gasteiger partial charge in [0.15, 0.2) is 5.16 Å². The van der Waals surface area contributed by atoms with Gasteiger partial charge in [0.2, 0.25) is 0 Å². The zero-order valence-electron chi connectivity index (χ0n) is 17.4. The van der Waals surface area contributed by atoms with Gasteiger partial charge in [0.05, 0.1) is 15.3 Å². The fourth-order valence-corrected chi connectivity index (χ4v) is 4.32. The number of aryl methyl sites for hydroxylation is 1. The SMILES string of the molecule is Cn1ccnc1Sc1ccc(C(Nc2ccccn2)n2nnc3ccccc32)cc1[N+](=O)[O-]. The molecule has 0 saturated carbocycles. The molecule has 1 N–H and O–H groups in total. The van der Waals surface area contributed by atoms with Gasteiger partial charge in [-0.3, -0.25) is 10.1 Å². The smallest absolute Gasteiger partial charge is 0.283 e. The van der Waals surface area contributed by atoms with Gasteiger partial charge in [-0.15, -0.1) is 5.10 Å². The summed E-state index contributed by atoms with van der Waals surface area (Å²) in [6.45, 7) is 0. The van der Waals surface area contributed by atoms with Gasteiger partial charge in [-0.1, -0.05) is 29.5 Å². The van der Waals surface area contributed by atoms with Crippen LogP contribution in [0.3, 0.4) is 0 Å². The largest absolute Gasteiger partial charge is 0.345 e. The molecule has 0 bridgehead atoms. The lowest BCUT2D eigenvalue weighted by Crippen LogP contribution is -2.21. The molecule has 2 aromatic carbocycles. The highest BCUT2D eigenvalue weighted by molar-refractivity contribution is 7.99. The Morgan fingerprint density at radius 3 is 2.67 bits per heavy atom. The van der Waals surface area contributed by atoms with Crippen LogP contribution in [0.15, 0.2) is 89.3 Å². The van der Waals surface area contributed by atoms with E-state index in [-0.39, 0.29) is 10.6 Å². The van der Waals surface area contributed by atoms with E-state index in [9.17, 15) is 10.1 Å². The number of aromatic nitrogens is 6. The van der Waals surface area contributed by atoms with Gasteiger partial charge in [0, 0.05) is 37.3 Å². The molecule has 0 aliphatic rings. The quantitative estimate of drug-likeness (QED) is 0.284. The molecule has 3 heterocycles. The second kappa shape index (κ2) is 8.71. The average molecular weight is 459 g/mol. The molecule has 0 fully saturated rings. The van der Waals surface area contributed by atoms with Crippen molar-refractivity contribution in [3.63, 3.8) is 0 Å². The summed E-state index contributed by atoms with van der Waals surface area (Å²) in [5.41, 5.74) is 2.15. The van der Waals surface area contributed by atoms with Crippen molar-refractivity contribution < 1.29 is 4.92 Å². The Bertz CT molecular complexity index is 1430. The number of nitro benzene ring substituents is 1. The number of pyridine rings is 1. The number of nitrogens with one attached hydrogen (secondary N) is 1. The molecule has 5 rings (SSSR count). The first kappa shape index (κ1) is 20.6. The first-order chi connectivity index (χ1) is 16.1. The molecule has 11 heteroatoms. The van der Waals surface area contributed by atoms with E-state index in [1.54, 1.807) is 35.4 Å². The standard InChI is InChI=1S/C22H18N8O2S/c1-28-13-12-24-22(28)33-19-10-9-15(14-18(19)30(31)32)21(25-20-8-4-5-11-23-20)29-17-7-3-2-6-16(17)26-27-29/h2-14,21H,1H3,(H,23,25). The first-order valence-corrected chi connectivity index (χ1v) is 10.8. The highest BCUT2D eigenvalue weighted by Gasteiger charge is 2.24. The topological polar surface area (TPSA) is 117 Å². The third-order valence-electron chi connectivity index (χ3n) is 5.05. The first-order valence-electron chi connectivity index (χ1n) is 10.0. The van der Waals surface area contributed by atoms with Crippen LogP contribution in [-0.4, -0.2) is 34.5 Å². The molecule has 0 aliphatic carbocycles. The zero-order chi connectivity index (χ0) is 22.8. The van der Waals surface area contributed by atoms with Gasteiger partial charge in [0.25, 0.3) is 5.69 Å². The van der Waals surface area contributed by atoms with Crippen LogP contribution in [0.25, 0.3) is 11.0 Å². The van der Waals surface area contributed by atoms with E-state index in [4.69, 9.17) is 0 Å². The Morgan fingerprint density at radius 1 is 1.06 bits per heavy atom. The highest BCUT2D eigenvalue weighted by Crippen LogP contribution is 2.36. The van der Waals surface area contributed by atoms with Crippen LogP contribution in [-0.2, 0) is 7.05 Å². The van der Waals surface area contributed by atoms with Crippen molar-refractivity contribution in [2.45, 2.75) is 16.2 Å². The Kier molecular flexibility index (Phi) is 5.45. The molecule has 1 unspecified atom stereocenters. The van der Waals surface area contributed by atoms with Crippen LogP contribution in [0.2, 0.25) is 0 Å². The molecule has 5 aromatic rings. The number of imidazole rings is 1. The number of hydrogen-bond acceptors (Lipinski definition) is 8. The summed E-state index contributed by atoms with van der Waals surface area (Å²) in [5, 5.41) is 24.5. The van der Waals surface area contributed by atoms with Crippen LogP contribution in [0, 0.1) is 10.1 Å². The van der Waals surface area contributed by atoms with Gasteiger partial charge in [-0.05, 0) is 42.1 Å². The maximum absolute atomic E-state index is 12.0. The van der Waals surface area contributed by atoms with E-state index in [1.165, 1.54) is 11.8 Å². The Labute approximate surface area is 192 Å². The van der Waals surface area contributed by atoms with Crippen molar-refractivity contribution in [2.75, 3.05) is 5.32 Å². The lowest BCUT2D eigenvalue weighted by Gasteiger charge is -2.21. The molecular formula is C22H18N8O2S. The maximum Gasteiger partial charge on any atom is 0.283 e. The van der Waals surface area contributed by atoms with Crippen LogP contribution in [0.5, 0.6) is 0 Å². The van der Waals surface area contributed by atoms with Crippen LogP contribution in [0.1, 0.15) is 11.7 Å². The lowest BCUT2D eigenvalue weighted by atomic mass is 10.1. The fourth-order valence-electron chi connectivity index (χ4n) is 3.43. The van der Waals surface area contributed by atoms with Gasteiger partial charge in [-0.2, -0.15) is 0 Å². The summed E-state index contributed by atoms with van der Waals surface area (Å²) in [6.07, 6.45) is 4.56. The Hall–Kier alpha value is -4.25.